The van der Waals surface area contributed by atoms with E-state index in [1.807, 2.05) is 7.05 Å². The van der Waals surface area contributed by atoms with Crippen molar-refractivity contribution < 1.29 is 0 Å². The molecular formula is C13H20ClN5. The van der Waals surface area contributed by atoms with Gasteiger partial charge < -0.3 is 5.32 Å². The van der Waals surface area contributed by atoms with Crippen LogP contribution < -0.4 is 5.32 Å². The molecule has 2 aromatic rings. The van der Waals surface area contributed by atoms with Gasteiger partial charge in [-0.3, -0.25) is 4.68 Å². The van der Waals surface area contributed by atoms with Crippen molar-refractivity contribution >= 4 is 28.5 Å². The van der Waals surface area contributed by atoms with E-state index in [1.54, 1.807) is 17.2 Å². The predicted molar refractivity (Wildman–Crippen MR) is 78.5 cm³/mol. The van der Waals surface area contributed by atoms with Crippen molar-refractivity contribution in [3.63, 3.8) is 0 Å². The third kappa shape index (κ3) is 2.97. The van der Waals surface area contributed by atoms with Gasteiger partial charge in [-0.2, -0.15) is 5.10 Å². The van der Waals surface area contributed by atoms with Crippen LogP contribution in [0.5, 0.6) is 0 Å². The van der Waals surface area contributed by atoms with Crippen molar-refractivity contribution in [2.24, 2.45) is 13.0 Å². The fourth-order valence-corrected chi connectivity index (χ4v) is 2.70. The molecule has 0 radical (unpaired) electrons. The van der Waals surface area contributed by atoms with E-state index in [1.165, 1.54) is 0 Å². The molecule has 5 nitrogen and oxygen atoms in total. The van der Waals surface area contributed by atoms with Gasteiger partial charge in [-0.05, 0) is 5.92 Å². The molecule has 0 aromatic carbocycles. The lowest BCUT2D eigenvalue weighted by molar-refractivity contribution is 0.475. The Morgan fingerprint density at radius 2 is 2.05 bits per heavy atom. The molecule has 0 bridgehead atoms. The van der Waals surface area contributed by atoms with E-state index in [9.17, 15) is 0 Å². The van der Waals surface area contributed by atoms with Gasteiger partial charge in [0.05, 0.1) is 17.0 Å². The molecule has 0 saturated heterocycles. The summed E-state index contributed by atoms with van der Waals surface area (Å²) in [4.78, 5) is 8.48. The van der Waals surface area contributed by atoms with Gasteiger partial charge >= 0.3 is 0 Å². The molecule has 0 aliphatic carbocycles. The summed E-state index contributed by atoms with van der Waals surface area (Å²) in [5, 5.41) is 8.54. The monoisotopic (exact) mass is 281 g/mol. The van der Waals surface area contributed by atoms with Gasteiger partial charge in [0, 0.05) is 13.6 Å². The topological polar surface area (TPSA) is 55.6 Å². The Hall–Kier alpha value is -1.36. The standard InChI is InChI=1S/C13H20ClN5/c1-4-9(5-2)11(14)7-15-12-10-6-18-19(3)13(10)17-8-16-12/h6,8-9,11H,4-5,7H2,1-3H3,(H,15,16,17). The van der Waals surface area contributed by atoms with Crippen molar-refractivity contribution in [3.8, 4) is 0 Å². The van der Waals surface area contributed by atoms with Crippen LogP contribution in [0.3, 0.4) is 0 Å². The summed E-state index contributed by atoms with van der Waals surface area (Å²) in [6, 6.07) is 0. The zero-order chi connectivity index (χ0) is 13.8. The highest BCUT2D eigenvalue weighted by molar-refractivity contribution is 6.21. The number of nitrogens with one attached hydrogen (secondary N) is 1. The van der Waals surface area contributed by atoms with Gasteiger partial charge in [-0.1, -0.05) is 26.7 Å². The van der Waals surface area contributed by atoms with Crippen LogP contribution in [0.4, 0.5) is 5.82 Å². The Kier molecular flexibility index (Phi) is 4.58. The van der Waals surface area contributed by atoms with Crippen molar-refractivity contribution in [2.45, 2.75) is 32.1 Å². The maximum Gasteiger partial charge on any atom is 0.163 e. The second kappa shape index (κ2) is 6.19. The molecule has 0 spiro atoms. The highest BCUT2D eigenvalue weighted by atomic mass is 35.5. The Balaban J connectivity index is 2.09. The van der Waals surface area contributed by atoms with Crippen molar-refractivity contribution in [1.29, 1.82) is 0 Å². The highest BCUT2D eigenvalue weighted by Gasteiger charge is 2.16. The zero-order valence-electron chi connectivity index (χ0n) is 11.6. The lowest BCUT2D eigenvalue weighted by atomic mass is 9.99. The molecule has 0 amide bonds. The van der Waals surface area contributed by atoms with E-state index in [0.717, 1.165) is 29.7 Å². The molecule has 2 heterocycles. The Morgan fingerprint density at radius 3 is 2.74 bits per heavy atom. The summed E-state index contributed by atoms with van der Waals surface area (Å²) < 4.78 is 1.74. The van der Waals surface area contributed by atoms with Gasteiger partial charge in [0.25, 0.3) is 0 Å². The van der Waals surface area contributed by atoms with Gasteiger partial charge in [0.2, 0.25) is 0 Å². The molecule has 0 saturated carbocycles. The van der Waals surface area contributed by atoms with Gasteiger partial charge in [0.15, 0.2) is 5.65 Å². The van der Waals surface area contributed by atoms with Gasteiger partial charge in [-0.25, -0.2) is 9.97 Å². The number of anilines is 1. The number of hydrogen-bond donors (Lipinski definition) is 1. The average Bonchev–Trinajstić information content (AvgIpc) is 2.80. The largest absolute Gasteiger partial charge is 0.368 e. The zero-order valence-corrected chi connectivity index (χ0v) is 12.4. The van der Waals surface area contributed by atoms with E-state index in [-0.39, 0.29) is 5.38 Å². The molecule has 0 fully saturated rings. The molecule has 2 rings (SSSR count). The molecule has 2 aromatic heterocycles. The first-order valence-electron chi connectivity index (χ1n) is 6.68. The van der Waals surface area contributed by atoms with Crippen molar-refractivity contribution in [1.82, 2.24) is 19.7 Å². The molecule has 1 unspecified atom stereocenters. The quantitative estimate of drug-likeness (QED) is 0.827. The second-order valence-corrected chi connectivity index (χ2v) is 5.26. The third-order valence-corrected chi connectivity index (χ3v) is 4.06. The van der Waals surface area contributed by atoms with Crippen LogP contribution >= 0.6 is 11.6 Å². The Bertz CT molecular complexity index is 535. The fraction of sp³-hybridized carbons (Fsp3) is 0.615. The molecule has 104 valence electrons. The first kappa shape index (κ1) is 14.1. The van der Waals surface area contributed by atoms with Crippen LogP contribution in [-0.2, 0) is 7.05 Å². The van der Waals surface area contributed by atoms with E-state index >= 15 is 0 Å². The maximum absolute atomic E-state index is 6.43. The third-order valence-electron chi connectivity index (χ3n) is 3.55. The summed E-state index contributed by atoms with van der Waals surface area (Å²) in [5.41, 5.74) is 0.825. The van der Waals surface area contributed by atoms with E-state index in [0.29, 0.717) is 12.5 Å². The number of aromatic nitrogens is 4. The molecule has 0 aliphatic heterocycles. The van der Waals surface area contributed by atoms with Crippen LogP contribution in [0.15, 0.2) is 12.5 Å². The Morgan fingerprint density at radius 1 is 1.32 bits per heavy atom. The lowest BCUT2D eigenvalue weighted by Crippen LogP contribution is -2.23. The number of rotatable bonds is 6. The second-order valence-electron chi connectivity index (χ2n) is 4.70. The van der Waals surface area contributed by atoms with E-state index in [4.69, 9.17) is 11.6 Å². The Labute approximate surface area is 118 Å². The summed E-state index contributed by atoms with van der Waals surface area (Å²) in [7, 11) is 1.87. The summed E-state index contributed by atoms with van der Waals surface area (Å²) in [6.07, 6.45) is 5.52. The van der Waals surface area contributed by atoms with Crippen LogP contribution in [-0.4, -0.2) is 31.7 Å². The number of halogens is 1. The fourth-order valence-electron chi connectivity index (χ4n) is 2.26. The van der Waals surface area contributed by atoms with Crippen LogP contribution in [0, 0.1) is 5.92 Å². The van der Waals surface area contributed by atoms with Gasteiger partial charge in [-0.15, -0.1) is 11.6 Å². The van der Waals surface area contributed by atoms with Crippen molar-refractivity contribution in [3.05, 3.63) is 12.5 Å². The smallest absolute Gasteiger partial charge is 0.163 e. The molecule has 0 aliphatic rings. The van der Waals surface area contributed by atoms with E-state index < -0.39 is 0 Å². The minimum Gasteiger partial charge on any atom is -0.368 e. The van der Waals surface area contributed by atoms with Crippen LogP contribution in [0.1, 0.15) is 26.7 Å². The summed E-state index contributed by atoms with van der Waals surface area (Å²) in [6.45, 7) is 5.05. The average molecular weight is 282 g/mol. The number of fused-ring (bicyclic) bond motifs is 1. The number of hydrogen-bond acceptors (Lipinski definition) is 4. The van der Waals surface area contributed by atoms with Gasteiger partial charge in [0.1, 0.15) is 12.1 Å². The molecular weight excluding hydrogens is 262 g/mol. The maximum atomic E-state index is 6.43. The van der Waals surface area contributed by atoms with E-state index in [2.05, 4.69) is 34.2 Å². The molecule has 1 N–H and O–H groups in total. The minimum absolute atomic E-state index is 0.108. The first-order valence-corrected chi connectivity index (χ1v) is 7.11. The lowest BCUT2D eigenvalue weighted by Gasteiger charge is -2.19. The molecule has 6 heteroatoms. The molecule has 1 atom stereocenters. The molecule has 19 heavy (non-hydrogen) atoms. The SMILES string of the molecule is CCC(CC)C(Cl)CNc1ncnc2c1cnn2C. The summed E-state index contributed by atoms with van der Waals surface area (Å²) >= 11 is 6.43. The number of nitrogens with zero attached hydrogens (tertiary/aromatic N) is 4. The first-order chi connectivity index (χ1) is 9.17. The minimum atomic E-state index is 0.108. The van der Waals surface area contributed by atoms with Crippen molar-refractivity contribution in [2.75, 3.05) is 11.9 Å². The number of aryl methyl sites for hydroxylation is 1. The summed E-state index contributed by atoms with van der Waals surface area (Å²) in [5.74, 6) is 1.33. The highest BCUT2D eigenvalue weighted by Crippen LogP contribution is 2.21. The normalized spacial score (nSPS) is 13.1. The predicted octanol–water partition coefficient (Wildman–Crippen LogP) is 2.82. The number of alkyl halides is 1. The van der Waals surface area contributed by atoms with Crippen LogP contribution in [0.25, 0.3) is 11.0 Å². The van der Waals surface area contributed by atoms with Crippen LogP contribution in [0.2, 0.25) is 0 Å².